The van der Waals surface area contributed by atoms with E-state index in [9.17, 15) is 14.4 Å². The summed E-state index contributed by atoms with van der Waals surface area (Å²) >= 11 is 0. The van der Waals surface area contributed by atoms with Gasteiger partial charge in [-0.15, -0.1) is 0 Å². The van der Waals surface area contributed by atoms with E-state index in [1.54, 1.807) is 0 Å². The zero-order valence-corrected chi connectivity index (χ0v) is 43.0. The lowest BCUT2D eigenvalue weighted by atomic mass is 10.0. The second-order valence-electron chi connectivity index (χ2n) is 18.5. The second-order valence-corrected chi connectivity index (χ2v) is 18.5. The number of hydrogen-bond acceptors (Lipinski definition) is 6. The van der Waals surface area contributed by atoms with Crippen molar-refractivity contribution < 1.29 is 28.6 Å². The maximum atomic E-state index is 12.8. The van der Waals surface area contributed by atoms with Crippen molar-refractivity contribution in [3.63, 3.8) is 0 Å². The van der Waals surface area contributed by atoms with Crippen LogP contribution in [-0.2, 0) is 28.6 Å². The Morgan fingerprint density at radius 2 is 0.569 bits per heavy atom. The number of hydrogen-bond donors (Lipinski definition) is 0. The largest absolute Gasteiger partial charge is 0.462 e. The highest BCUT2D eigenvalue weighted by molar-refractivity contribution is 5.71. The summed E-state index contributed by atoms with van der Waals surface area (Å²) in [5.41, 5.74) is 0. The molecule has 0 radical (unpaired) electrons. The van der Waals surface area contributed by atoms with Gasteiger partial charge in [0.15, 0.2) is 6.10 Å². The summed E-state index contributed by atoms with van der Waals surface area (Å²) in [6.45, 7) is 6.57. The Bertz CT molecular complexity index is 1180. The number of rotatable bonds is 50. The van der Waals surface area contributed by atoms with Gasteiger partial charge >= 0.3 is 17.9 Å². The average Bonchev–Trinajstić information content (AvgIpc) is 3.30. The van der Waals surface area contributed by atoms with E-state index in [2.05, 4.69) is 81.5 Å². The molecule has 0 heterocycles. The molecule has 0 amide bonds. The van der Waals surface area contributed by atoms with E-state index in [-0.39, 0.29) is 37.5 Å². The number of esters is 3. The van der Waals surface area contributed by atoms with Gasteiger partial charge in [0, 0.05) is 19.3 Å². The van der Waals surface area contributed by atoms with E-state index in [0.29, 0.717) is 19.3 Å². The van der Waals surface area contributed by atoms with Crippen LogP contribution in [0.1, 0.15) is 278 Å². The van der Waals surface area contributed by atoms with Gasteiger partial charge < -0.3 is 14.2 Å². The maximum Gasteiger partial charge on any atom is 0.306 e. The molecule has 0 N–H and O–H groups in total. The van der Waals surface area contributed by atoms with Crippen LogP contribution in [0.25, 0.3) is 0 Å². The molecule has 0 aromatic carbocycles. The smallest absolute Gasteiger partial charge is 0.306 e. The van der Waals surface area contributed by atoms with Gasteiger partial charge in [-0.05, 0) is 83.5 Å². The quantitative estimate of drug-likeness (QED) is 0.0262. The summed E-state index contributed by atoms with van der Waals surface area (Å²) < 4.78 is 16.8. The monoisotopic (exact) mass is 909 g/mol. The minimum Gasteiger partial charge on any atom is -0.462 e. The minimum absolute atomic E-state index is 0.0904. The molecule has 0 aliphatic rings. The third-order valence-electron chi connectivity index (χ3n) is 12.0. The molecule has 0 aromatic heterocycles. The average molecular weight is 909 g/mol. The van der Waals surface area contributed by atoms with E-state index < -0.39 is 6.10 Å². The number of ether oxygens (including phenoxy) is 3. The summed E-state index contributed by atoms with van der Waals surface area (Å²) in [4.78, 5) is 38.1. The Balaban J connectivity index is 4.45. The molecule has 1 atom stereocenters. The third kappa shape index (κ3) is 51.9. The normalized spacial score (nSPS) is 12.5. The van der Waals surface area contributed by atoms with Crippen LogP contribution in [0.2, 0.25) is 0 Å². The highest BCUT2D eigenvalue weighted by Crippen LogP contribution is 2.15. The van der Waals surface area contributed by atoms with Crippen molar-refractivity contribution in [3.8, 4) is 0 Å². The molecule has 0 aliphatic heterocycles. The fourth-order valence-corrected chi connectivity index (χ4v) is 7.78. The van der Waals surface area contributed by atoms with Crippen LogP contribution in [0.5, 0.6) is 0 Å². The lowest BCUT2D eigenvalue weighted by molar-refractivity contribution is -0.167. The number of allylic oxidation sites excluding steroid dienone is 10. The van der Waals surface area contributed by atoms with Gasteiger partial charge in [0.25, 0.3) is 0 Å². The van der Waals surface area contributed by atoms with E-state index in [1.165, 1.54) is 167 Å². The van der Waals surface area contributed by atoms with Crippen LogP contribution < -0.4 is 0 Å². The highest BCUT2D eigenvalue weighted by Gasteiger charge is 2.19. The van der Waals surface area contributed by atoms with E-state index >= 15 is 0 Å². The van der Waals surface area contributed by atoms with Crippen molar-refractivity contribution in [2.45, 2.75) is 284 Å². The molecule has 0 aromatic rings. The van der Waals surface area contributed by atoms with Crippen LogP contribution in [0.4, 0.5) is 0 Å². The van der Waals surface area contributed by atoms with Gasteiger partial charge in [0.1, 0.15) is 13.2 Å². The Morgan fingerprint density at radius 3 is 0.985 bits per heavy atom. The first-order chi connectivity index (χ1) is 32.0. The van der Waals surface area contributed by atoms with E-state index in [4.69, 9.17) is 14.2 Å². The molecule has 0 saturated carbocycles. The fourth-order valence-electron chi connectivity index (χ4n) is 7.78. The molecule has 65 heavy (non-hydrogen) atoms. The van der Waals surface area contributed by atoms with Gasteiger partial charge in [-0.1, -0.05) is 236 Å². The van der Waals surface area contributed by atoms with E-state index in [0.717, 1.165) is 64.2 Å². The van der Waals surface area contributed by atoms with Gasteiger partial charge in [0.05, 0.1) is 0 Å². The standard InChI is InChI=1S/C59H104O6/c1-4-7-10-13-16-19-22-25-28-29-32-34-37-40-43-46-49-52-58(61)64-55-56(65-59(62)53-50-47-44-41-38-35-31-27-24-21-18-15-12-9-6-3)54-63-57(60)51-48-45-42-39-36-33-30-26-23-20-17-14-11-8-5-2/h16,19,21,24-25,28,32,34,40,43,56H,4-15,17-18,20,22-23,26-27,29-31,33,35-39,41-42,44-55H2,1-3H3/b19-16-,24-21-,28-25-,34-32-,43-40-. The van der Waals surface area contributed by atoms with Crippen LogP contribution in [0, 0.1) is 0 Å². The first-order valence-corrected chi connectivity index (χ1v) is 27.8. The van der Waals surface area contributed by atoms with Crippen molar-refractivity contribution in [1.82, 2.24) is 0 Å². The molecule has 0 aliphatic carbocycles. The summed E-state index contributed by atoms with van der Waals surface area (Å²) in [7, 11) is 0. The zero-order valence-electron chi connectivity index (χ0n) is 43.0. The lowest BCUT2D eigenvalue weighted by Gasteiger charge is -2.18. The van der Waals surface area contributed by atoms with Crippen molar-refractivity contribution in [2.75, 3.05) is 13.2 Å². The summed E-state index contributed by atoms with van der Waals surface area (Å²) in [5.74, 6) is -0.944. The lowest BCUT2D eigenvalue weighted by Crippen LogP contribution is -2.30. The fraction of sp³-hybridized carbons (Fsp3) is 0.780. The van der Waals surface area contributed by atoms with Crippen molar-refractivity contribution in [3.05, 3.63) is 60.8 Å². The zero-order chi connectivity index (χ0) is 47.2. The van der Waals surface area contributed by atoms with Crippen molar-refractivity contribution in [1.29, 1.82) is 0 Å². The molecule has 0 fully saturated rings. The van der Waals surface area contributed by atoms with Crippen molar-refractivity contribution in [2.24, 2.45) is 0 Å². The first kappa shape index (κ1) is 62.1. The molecule has 0 saturated heterocycles. The van der Waals surface area contributed by atoms with Gasteiger partial charge in [-0.3, -0.25) is 14.4 Å². The van der Waals surface area contributed by atoms with Gasteiger partial charge in [-0.25, -0.2) is 0 Å². The first-order valence-electron chi connectivity index (χ1n) is 27.8. The summed E-state index contributed by atoms with van der Waals surface area (Å²) in [6.07, 6.45) is 66.3. The Labute approximate surface area is 402 Å². The Kier molecular flexibility index (Phi) is 51.3. The van der Waals surface area contributed by atoms with Crippen LogP contribution >= 0.6 is 0 Å². The minimum atomic E-state index is -0.796. The predicted octanol–water partition coefficient (Wildman–Crippen LogP) is 18.4. The molecule has 6 heteroatoms. The number of carbonyl (C=O) groups excluding carboxylic acids is 3. The van der Waals surface area contributed by atoms with Crippen LogP contribution in [-0.4, -0.2) is 37.2 Å². The van der Waals surface area contributed by atoms with E-state index in [1.807, 2.05) is 0 Å². The number of unbranched alkanes of at least 4 members (excludes halogenated alkanes) is 29. The molecular weight excluding hydrogens is 805 g/mol. The molecule has 0 bridgehead atoms. The SMILES string of the molecule is CCCCC/C=C\C/C=C\C/C=C\C/C=C\CCCC(=O)OCC(COC(=O)CCCCCCCCCCCCCCCCC)OC(=O)CCCCCCCCC/C=C\CCCCCC. The van der Waals surface area contributed by atoms with Crippen LogP contribution in [0.3, 0.4) is 0 Å². The molecule has 6 nitrogen and oxygen atoms in total. The molecule has 376 valence electrons. The second kappa shape index (κ2) is 53.7. The highest BCUT2D eigenvalue weighted by atomic mass is 16.6. The van der Waals surface area contributed by atoms with Crippen LogP contribution in [0.15, 0.2) is 60.8 Å². The predicted molar refractivity (Wildman–Crippen MR) is 279 cm³/mol. The molecule has 0 rings (SSSR count). The Morgan fingerprint density at radius 1 is 0.308 bits per heavy atom. The maximum absolute atomic E-state index is 12.8. The van der Waals surface area contributed by atoms with Gasteiger partial charge in [0.2, 0.25) is 0 Å². The summed E-state index contributed by atoms with van der Waals surface area (Å²) in [5, 5.41) is 0. The van der Waals surface area contributed by atoms with Crippen molar-refractivity contribution >= 4 is 17.9 Å². The Hall–Kier alpha value is -2.89. The molecular formula is C59H104O6. The topological polar surface area (TPSA) is 78.9 Å². The number of carbonyl (C=O) groups is 3. The molecule has 1 unspecified atom stereocenters. The van der Waals surface area contributed by atoms with Gasteiger partial charge in [-0.2, -0.15) is 0 Å². The summed E-state index contributed by atoms with van der Waals surface area (Å²) in [6, 6.07) is 0. The third-order valence-corrected chi connectivity index (χ3v) is 12.0. The molecule has 0 spiro atoms.